The summed E-state index contributed by atoms with van der Waals surface area (Å²) in [5.41, 5.74) is 8.53. The van der Waals surface area contributed by atoms with E-state index in [-0.39, 0.29) is 5.82 Å². The van der Waals surface area contributed by atoms with Gasteiger partial charge in [0.05, 0.1) is 22.1 Å². The minimum absolute atomic E-state index is 0.350. The monoisotopic (exact) mass is 250 g/mol. The van der Waals surface area contributed by atoms with Gasteiger partial charge in [-0.3, -0.25) is 0 Å². The molecule has 0 radical (unpaired) electrons. The second-order valence-corrected chi connectivity index (χ2v) is 4.25. The molecule has 0 aliphatic rings. The standard InChI is InChI=1S/C13H12ClFN2/c1-8-2-4-10(14)13(6-8)17-12-5-3-9(15)7-11(12)16/h2-7,17H,16H2,1H3. The van der Waals surface area contributed by atoms with Gasteiger partial charge in [0, 0.05) is 0 Å². The van der Waals surface area contributed by atoms with Crippen molar-refractivity contribution in [1.29, 1.82) is 0 Å². The van der Waals surface area contributed by atoms with Gasteiger partial charge < -0.3 is 11.1 Å². The predicted molar refractivity (Wildman–Crippen MR) is 70.3 cm³/mol. The van der Waals surface area contributed by atoms with Crippen LogP contribution in [-0.4, -0.2) is 0 Å². The molecule has 2 rings (SSSR count). The summed E-state index contributed by atoms with van der Waals surface area (Å²) in [7, 11) is 0. The molecule has 0 heterocycles. The van der Waals surface area contributed by atoms with Crippen LogP contribution in [0.2, 0.25) is 5.02 Å². The van der Waals surface area contributed by atoms with Crippen LogP contribution in [0, 0.1) is 12.7 Å². The lowest BCUT2D eigenvalue weighted by molar-refractivity contribution is 0.628. The van der Waals surface area contributed by atoms with Crippen molar-refractivity contribution in [2.75, 3.05) is 11.1 Å². The van der Waals surface area contributed by atoms with Crippen LogP contribution in [0.5, 0.6) is 0 Å². The first-order chi connectivity index (χ1) is 8.06. The summed E-state index contributed by atoms with van der Waals surface area (Å²) in [6.45, 7) is 1.97. The molecule has 2 aromatic rings. The summed E-state index contributed by atoms with van der Waals surface area (Å²) >= 11 is 6.05. The molecule has 2 aromatic carbocycles. The SMILES string of the molecule is Cc1ccc(Cl)c(Nc2ccc(F)cc2N)c1. The van der Waals surface area contributed by atoms with Crippen molar-refractivity contribution in [3.63, 3.8) is 0 Å². The number of nitrogens with one attached hydrogen (secondary N) is 1. The number of hydrogen-bond acceptors (Lipinski definition) is 2. The zero-order chi connectivity index (χ0) is 12.4. The molecule has 3 N–H and O–H groups in total. The topological polar surface area (TPSA) is 38.0 Å². The number of aryl methyl sites for hydroxylation is 1. The highest BCUT2D eigenvalue weighted by Crippen LogP contribution is 2.29. The quantitative estimate of drug-likeness (QED) is 0.787. The molecule has 0 unspecified atom stereocenters. The minimum Gasteiger partial charge on any atom is -0.397 e. The second kappa shape index (κ2) is 4.63. The molecular formula is C13H12ClFN2. The third-order valence-corrected chi connectivity index (χ3v) is 2.73. The molecule has 0 aliphatic carbocycles. The Kier molecular flexibility index (Phi) is 3.20. The summed E-state index contributed by atoms with van der Waals surface area (Å²) in [4.78, 5) is 0. The summed E-state index contributed by atoms with van der Waals surface area (Å²) in [6, 6.07) is 9.84. The van der Waals surface area contributed by atoms with Crippen molar-refractivity contribution in [2.24, 2.45) is 0 Å². The van der Waals surface area contributed by atoms with Crippen LogP contribution in [0.1, 0.15) is 5.56 Å². The van der Waals surface area contributed by atoms with Gasteiger partial charge in [0.25, 0.3) is 0 Å². The number of halogens is 2. The van der Waals surface area contributed by atoms with Crippen LogP contribution >= 0.6 is 11.6 Å². The number of rotatable bonds is 2. The lowest BCUT2D eigenvalue weighted by atomic mass is 10.2. The van der Waals surface area contributed by atoms with Crippen molar-refractivity contribution < 1.29 is 4.39 Å². The first-order valence-electron chi connectivity index (χ1n) is 5.14. The van der Waals surface area contributed by atoms with Crippen molar-refractivity contribution in [2.45, 2.75) is 6.92 Å². The highest BCUT2D eigenvalue weighted by molar-refractivity contribution is 6.33. The van der Waals surface area contributed by atoms with E-state index >= 15 is 0 Å². The predicted octanol–water partition coefficient (Wildman–Crippen LogP) is 4.11. The second-order valence-electron chi connectivity index (χ2n) is 3.84. The summed E-state index contributed by atoms with van der Waals surface area (Å²) < 4.78 is 12.9. The molecule has 17 heavy (non-hydrogen) atoms. The molecule has 0 spiro atoms. The highest BCUT2D eigenvalue weighted by Gasteiger charge is 2.04. The maximum atomic E-state index is 12.9. The molecular weight excluding hydrogens is 239 g/mol. The molecule has 0 fully saturated rings. The van der Waals surface area contributed by atoms with Gasteiger partial charge in [-0.15, -0.1) is 0 Å². The summed E-state index contributed by atoms with van der Waals surface area (Å²) in [5, 5.41) is 3.68. The van der Waals surface area contributed by atoms with Gasteiger partial charge in [0.2, 0.25) is 0 Å². The fraction of sp³-hybridized carbons (Fsp3) is 0.0769. The van der Waals surface area contributed by atoms with E-state index in [4.69, 9.17) is 17.3 Å². The minimum atomic E-state index is -0.358. The molecule has 0 bridgehead atoms. The van der Waals surface area contributed by atoms with E-state index < -0.39 is 0 Å². The van der Waals surface area contributed by atoms with Crippen molar-refractivity contribution >= 4 is 28.7 Å². The Balaban J connectivity index is 2.34. The molecule has 2 nitrogen and oxygen atoms in total. The smallest absolute Gasteiger partial charge is 0.125 e. The van der Waals surface area contributed by atoms with E-state index in [2.05, 4.69) is 5.32 Å². The zero-order valence-corrected chi connectivity index (χ0v) is 10.1. The van der Waals surface area contributed by atoms with E-state index in [1.165, 1.54) is 12.1 Å². The van der Waals surface area contributed by atoms with Crippen LogP contribution in [0.15, 0.2) is 36.4 Å². The Morgan fingerprint density at radius 3 is 2.59 bits per heavy atom. The number of benzene rings is 2. The Labute approximate surface area is 104 Å². The Bertz CT molecular complexity index is 555. The average molecular weight is 251 g/mol. The van der Waals surface area contributed by atoms with Crippen molar-refractivity contribution in [1.82, 2.24) is 0 Å². The van der Waals surface area contributed by atoms with Gasteiger partial charge in [-0.25, -0.2) is 4.39 Å². The van der Waals surface area contributed by atoms with Crippen molar-refractivity contribution in [3.8, 4) is 0 Å². The summed E-state index contributed by atoms with van der Waals surface area (Å²) in [5.74, 6) is -0.358. The molecule has 0 aliphatic heterocycles. The van der Waals surface area contributed by atoms with Gasteiger partial charge in [0.15, 0.2) is 0 Å². The van der Waals surface area contributed by atoms with Crippen LogP contribution in [0.4, 0.5) is 21.5 Å². The van der Waals surface area contributed by atoms with E-state index in [0.717, 1.165) is 11.3 Å². The lowest BCUT2D eigenvalue weighted by Crippen LogP contribution is -1.97. The van der Waals surface area contributed by atoms with Gasteiger partial charge in [-0.2, -0.15) is 0 Å². The first-order valence-corrected chi connectivity index (χ1v) is 5.52. The van der Waals surface area contributed by atoms with Crippen LogP contribution < -0.4 is 11.1 Å². The Morgan fingerprint density at radius 1 is 1.12 bits per heavy atom. The molecule has 0 saturated heterocycles. The van der Waals surface area contributed by atoms with Gasteiger partial charge in [-0.1, -0.05) is 17.7 Å². The lowest BCUT2D eigenvalue weighted by Gasteiger charge is -2.11. The highest BCUT2D eigenvalue weighted by atomic mass is 35.5. The average Bonchev–Trinajstić information content (AvgIpc) is 2.27. The molecule has 0 aromatic heterocycles. The number of anilines is 3. The maximum absolute atomic E-state index is 12.9. The van der Waals surface area contributed by atoms with E-state index in [0.29, 0.717) is 16.4 Å². The normalized spacial score (nSPS) is 10.3. The Morgan fingerprint density at radius 2 is 1.88 bits per heavy atom. The number of nitrogen functional groups attached to an aromatic ring is 1. The molecule has 88 valence electrons. The van der Waals surface area contributed by atoms with E-state index in [9.17, 15) is 4.39 Å². The fourth-order valence-corrected chi connectivity index (χ4v) is 1.69. The summed E-state index contributed by atoms with van der Waals surface area (Å²) in [6.07, 6.45) is 0. The zero-order valence-electron chi connectivity index (χ0n) is 9.30. The van der Waals surface area contributed by atoms with Gasteiger partial charge >= 0.3 is 0 Å². The van der Waals surface area contributed by atoms with Crippen LogP contribution in [0.3, 0.4) is 0 Å². The number of nitrogens with two attached hydrogens (primary N) is 1. The first kappa shape index (κ1) is 11.7. The third-order valence-electron chi connectivity index (χ3n) is 2.40. The van der Waals surface area contributed by atoms with Crippen LogP contribution in [-0.2, 0) is 0 Å². The molecule has 0 amide bonds. The van der Waals surface area contributed by atoms with Gasteiger partial charge in [-0.05, 0) is 42.8 Å². The third kappa shape index (κ3) is 2.68. The largest absolute Gasteiger partial charge is 0.397 e. The van der Waals surface area contributed by atoms with Gasteiger partial charge in [0.1, 0.15) is 5.82 Å². The maximum Gasteiger partial charge on any atom is 0.125 e. The van der Waals surface area contributed by atoms with E-state index in [1.807, 2.05) is 19.1 Å². The van der Waals surface area contributed by atoms with Crippen LogP contribution in [0.25, 0.3) is 0 Å². The number of hydrogen-bond donors (Lipinski definition) is 2. The van der Waals surface area contributed by atoms with Crippen molar-refractivity contribution in [3.05, 3.63) is 52.8 Å². The molecule has 4 heteroatoms. The fourth-order valence-electron chi connectivity index (χ4n) is 1.53. The molecule has 0 saturated carbocycles. The van der Waals surface area contributed by atoms with E-state index in [1.54, 1.807) is 12.1 Å². The molecule has 0 atom stereocenters. The Hall–Kier alpha value is -1.74.